The Morgan fingerprint density at radius 3 is 2.52 bits per heavy atom. The Balaban J connectivity index is 1.41. The highest BCUT2D eigenvalue weighted by atomic mass is 35.5. The van der Waals surface area contributed by atoms with Gasteiger partial charge in [-0.05, 0) is 49.9 Å². The highest BCUT2D eigenvalue weighted by Crippen LogP contribution is 2.38. The van der Waals surface area contributed by atoms with Gasteiger partial charge in [0.1, 0.15) is 11.5 Å². The zero-order chi connectivity index (χ0) is 20.4. The number of halogens is 1. The van der Waals surface area contributed by atoms with Gasteiger partial charge in [-0.25, -0.2) is 0 Å². The van der Waals surface area contributed by atoms with Crippen molar-refractivity contribution in [2.24, 2.45) is 0 Å². The standard InChI is InChI=1S/C23H27ClN2O3/c1-28-21-9-6-16(22(13-21)29-2)14-26-19-7-8-20(26)12-18(11-19)25-23(27)15-4-3-5-17(24)10-15/h3-6,9-10,13,18-20H,7-8,11-12,14H2,1-2H3,(H,25,27). The summed E-state index contributed by atoms with van der Waals surface area (Å²) in [5.74, 6) is 1.62. The molecule has 2 aliphatic heterocycles. The lowest BCUT2D eigenvalue weighted by molar-refractivity contribution is 0.0826. The maximum Gasteiger partial charge on any atom is 0.251 e. The number of piperidine rings is 1. The van der Waals surface area contributed by atoms with E-state index in [1.54, 1.807) is 32.4 Å². The van der Waals surface area contributed by atoms with Gasteiger partial charge in [-0.2, -0.15) is 0 Å². The number of fused-ring (bicyclic) bond motifs is 2. The minimum atomic E-state index is -0.0397. The van der Waals surface area contributed by atoms with Gasteiger partial charge in [-0.3, -0.25) is 9.69 Å². The van der Waals surface area contributed by atoms with Crippen LogP contribution in [0.5, 0.6) is 11.5 Å². The number of hydrogen-bond donors (Lipinski definition) is 1. The Kier molecular flexibility index (Phi) is 5.97. The van der Waals surface area contributed by atoms with E-state index in [-0.39, 0.29) is 11.9 Å². The van der Waals surface area contributed by atoms with E-state index in [9.17, 15) is 4.79 Å². The fourth-order valence-corrected chi connectivity index (χ4v) is 4.92. The van der Waals surface area contributed by atoms with Crippen molar-refractivity contribution in [3.63, 3.8) is 0 Å². The van der Waals surface area contributed by atoms with Crippen molar-refractivity contribution < 1.29 is 14.3 Å². The highest BCUT2D eigenvalue weighted by Gasteiger charge is 2.41. The van der Waals surface area contributed by atoms with Gasteiger partial charge in [0.2, 0.25) is 0 Å². The zero-order valence-corrected chi connectivity index (χ0v) is 17.6. The number of hydrogen-bond acceptors (Lipinski definition) is 4. The van der Waals surface area contributed by atoms with Gasteiger partial charge in [0, 0.05) is 46.9 Å². The van der Waals surface area contributed by atoms with E-state index in [1.165, 1.54) is 18.4 Å². The smallest absolute Gasteiger partial charge is 0.251 e. The number of nitrogens with zero attached hydrogens (tertiary/aromatic N) is 1. The number of methoxy groups -OCH3 is 2. The van der Waals surface area contributed by atoms with Gasteiger partial charge in [0.05, 0.1) is 14.2 Å². The summed E-state index contributed by atoms with van der Waals surface area (Å²) in [5.41, 5.74) is 1.79. The summed E-state index contributed by atoms with van der Waals surface area (Å²) >= 11 is 6.02. The van der Waals surface area contributed by atoms with Crippen LogP contribution >= 0.6 is 11.6 Å². The van der Waals surface area contributed by atoms with Crippen molar-refractivity contribution >= 4 is 17.5 Å². The lowest BCUT2D eigenvalue weighted by Gasteiger charge is -2.39. The third kappa shape index (κ3) is 4.36. The van der Waals surface area contributed by atoms with Crippen LogP contribution in [-0.4, -0.2) is 43.2 Å². The average molecular weight is 415 g/mol. The monoisotopic (exact) mass is 414 g/mol. The molecule has 5 nitrogen and oxygen atoms in total. The third-order valence-corrected chi connectivity index (χ3v) is 6.39. The molecule has 2 fully saturated rings. The molecule has 2 unspecified atom stereocenters. The average Bonchev–Trinajstić information content (AvgIpc) is 2.96. The first-order valence-corrected chi connectivity index (χ1v) is 10.5. The Morgan fingerprint density at radius 2 is 1.86 bits per heavy atom. The van der Waals surface area contributed by atoms with Crippen molar-refractivity contribution in [1.82, 2.24) is 10.2 Å². The minimum absolute atomic E-state index is 0.0397. The minimum Gasteiger partial charge on any atom is -0.497 e. The molecule has 0 spiro atoms. The molecule has 6 heteroatoms. The Hall–Kier alpha value is -2.24. The van der Waals surface area contributed by atoms with Gasteiger partial charge >= 0.3 is 0 Å². The molecule has 2 aromatic carbocycles. The molecule has 0 radical (unpaired) electrons. The van der Waals surface area contributed by atoms with E-state index < -0.39 is 0 Å². The molecule has 2 aromatic rings. The predicted octanol–water partition coefficient (Wildman–Crippen LogP) is 4.28. The molecule has 0 saturated carbocycles. The molecule has 2 heterocycles. The van der Waals surface area contributed by atoms with E-state index in [1.807, 2.05) is 18.2 Å². The van der Waals surface area contributed by atoms with Crippen LogP contribution in [0, 0.1) is 0 Å². The lowest BCUT2D eigenvalue weighted by Crippen LogP contribution is -2.50. The molecule has 2 saturated heterocycles. The number of carbonyl (C=O) groups excluding carboxylic acids is 1. The van der Waals surface area contributed by atoms with Crippen LogP contribution in [0.4, 0.5) is 0 Å². The molecular weight excluding hydrogens is 388 g/mol. The maximum absolute atomic E-state index is 12.6. The fraction of sp³-hybridized carbons (Fsp3) is 0.435. The van der Waals surface area contributed by atoms with Crippen LogP contribution in [0.1, 0.15) is 41.6 Å². The highest BCUT2D eigenvalue weighted by molar-refractivity contribution is 6.30. The normalized spacial score (nSPS) is 23.6. The summed E-state index contributed by atoms with van der Waals surface area (Å²) in [6.45, 7) is 0.859. The number of benzene rings is 2. The largest absolute Gasteiger partial charge is 0.497 e. The van der Waals surface area contributed by atoms with Crippen LogP contribution in [-0.2, 0) is 6.54 Å². The van der Waals surface area contributed by atoms with Crippen molar-refractivity contribution in [2.45, 2.75) is 50.4 Å². The summed E-state index contributed by atoms with van der Waals surface area (Å²) < 4.78 is 10.9. The predicted molar refractivity (Wildman–Crippen MR) is 114 cm³/mol. The molecule has 2 aliphatic rings. The maximum atomic E-state index is 12.6. The van der Waals surface area contributed by atoms with Gasteiger partial charge < -0.3 is 14.8 Å². The molecule has 1 amide bonds. The number of rotatable bonds is 6. The first kappa shape index (κ1) is 20.0. The van der Waals surface area contributed by atoms with Crippen LogP contribution < -0.4 is 14.8 Å². The molecule has 1 N–H and O–H groups in total. The number of amides is 1. The van der Waals surface area contributed by atoms with E-state index in [0.29, 0.717) is 22.7 Å². The summed E-state index contributed by atoms with van der Waals surface area (Å²) in [6.07, 6.45) is 4.29. The summed E-state index contributed by atoms with van der Waals surface area (Å²) in [7, 11) is 3.36. The first-order chi connectivity index (χ1) is 14.1. The van der Waals surface area contributed by atoms with E-state index in [4.69, 9.17) is 21.1 Å². The van der Waals surface area contributed by atoms with Crippen LogP contribution in [0.15, 0.2) is 42.5 Å². The van der Waals surface area contributed by atoms with Crippen LogP contribution in [0.2, 0.25) is 5.02 Å². The summed E-state index contributed by atoms with van der Waals surface area (Å²) in [4.78, 5) is 15.2. The molecule has 2 atom stereocenters. The second-order valence-corrected chi connectivity index (χ2v) is 8.32. The fourth-order valence-electron chi connectivity index (χ4n) is 4.73. The number of nitrogens with one attached hydrogen (secondary N) is 1. The third-order valence-electron chi connectivity index (χ3n) is 6.15. The van der Waals surface area contributed by atoms with Crippen molar-refractivity contribution in [2.75, 3.05) is 14.2 Å². The zero-order valence-electron chi connectivity index (χ0n) is 16.9. The topological polar surface area (TPSA) is 50.8 Å². The molecule has 154 valence electrons. The Bertz CT molecular complexity index is 874. The van der Waals surface area contributed by atoms with E-state index in [2.05, 4.69) is 16.3 Å². The number of ether oxygens (including phenoxy) is 2. The second kappa shape index (κ2) is 8.64. The summed E-state index contributed by atoms with van der Waals surface area (Å²) in [6, 6.07) is 14.3. The molecule has 2 bridgehead atoms. The van der Waals surface area contributed by atoms with Crippen molar-refractivity contribution in [1.29, 1.82) is 0 Å². The van der Waals surface area contributed by atoms with Crippen molar-refractivity contribution in [3.8, 4) is 11.5 Å². The molecule has 0 aliphatic carbocycles. The van der Waals surface area contributed by atoms with Gasteiger partial charge in [0.25, 0.3) is 5.91 Å². The molecular formula is C23H27ClN2O3. The second-order valence-electron chi connectivity index (χ2n) is 7.89. The Labute approximate surface area is 176 Å². The van der Waals surface area contributed by atoms with Gasteiger partial charge in [-0.15, -0.1) is 0 Å². The van der Waals surface area contributed by atoms with Crippen LogP contribution in [0.3, 0.4) is 0 Å². The molecule has 4 rings (SSSR count). The first-order valence-electron chi connectivity index (χ1n) is 10.1. The Morgan fingerprint density at radius 1 is 1.10 bits per heavy atom. The van der Waals surface area contributed by atoms with Gasteiger partial charge in [-0.1, -0.05) is 23.7 Å². The lowest BCUT2D eigenvalue weighted by atomic mass is 9.96. The van der Waals surface area contributed by atoms with Gasteiger partial charge in [0.15, 0.2) is 0 Å². The quantitative estimate of drug-likeness (QED) is 0.766. The van der Waals surface area contributed by atoms with E-state index >= 15 is 0 Å². The van der Waals surface area contributed by atoms with Crippen LogP contribution in [0.25, 0.3) is 0 Å². The molecule has 29 heavy (non-hydrogen) atoms. The summed E-state index contributed by atoms with van der Waals surface area (Å²) in [5, 5.41) is 3.80. The molecule has 0 aromatic heterocycles. The SMILES string of the molecule is COc1ccc(CN2C3CCC2CC(NC(=O)c2cccc(Cl)c2)C3)c(OC)c1. The number of carbonyl (C=O) groups is 1. The van der Waals surface area contributed by atoms with E-state index in [0.717, 1.165) is 30.9 Å². The van der Waals surface area contributed by atoms with Crippen molar-refractivity contribution in [3.05, 3.63) is 58.6 Å².